The summed E-state index contributed by atoms with van der Waals surface area (Å²) in [5, 5.41) is 0. The molecular formula is C11H14O. The van der Waals surface area contributed by atoms with Gasteiger partial charge < -0.3 is 0 Å². The van der Waals surface area contributed by atoms with E-state index in [1.807, 2.05) is 6.08 Å². The van der Waals surface area contributed by atoms with Crippen LogP contribution >= 0.6 is 0 Å². The Kier molecular flexibility index (Phi) is 3.03. The van der Waals surface area contributed by atoms with Crippen molar-refractivity contribution in [1.82, 2.24) is 0 Å². The van der Waals surface area contributed by atoms with Gasteiger partial charge in [0.1, 0.15) is 0 Å². The summed E-state index contributed by atoms with van der Waals surface area (Å²) in [7, 11) is 0. The fourth-order valence-electron chi connectivity index (χ4n) is 1.57. The van der Waals surface area contributed by atoms with Gasteiger partial charge in [-0.2, -0.15) is 0 Å². The van der Waals surface area contributed by atoms with E-state index in [2.05, 4.69) is 13.2 Å². The summed E-state index contributed by atoms with van der Waals surface area (Å²) in [5.74, 6) is 0.220. The molecule has 0 bridgehead atoms. The lowest BCUT2D eigenvalue weighted by molar-refractivity contribution is -0.114. The summed E-state index contributed by atoms with van der Waals surface area (Å²) in [6, 6.07) is 0. The number of allylic oxidation sites excluding steroid dienone is 4. The summed E-state index contributed by atoms with van der Waals surface area (Å²) in [6.45, 7) is 7.25. The zero-order valence-corrected chi connectivity index (χ0v) is 7.31. The van der Waals surface area contributed by atoms with Crippen molar-refractivity contribution in [2.24, 2.45) is 0 Å². The van der Waals surface area contributed by atoms with Crippen LogP contribution in [0.3, 0.4) is 0 Å². The van der Waals surface area contributed by atoms with Crippen molar-refractivity contribution in [3.63, 3.8) is 0 Å². The number of rotatable bonds is 4. The number of Topliss-reactive ketones (excluding diaryl/α,β-unsaturated/α-hetero) is 1. The fourth-order valence-corrected chi connectivity index (χ4v) is 1.57. The SMILES string of the molecule is C=CCC(=O)C1=C(C=C)CCC1. The third-order valence-corrected chi connectivity index (χ3v) is 2.17. The molecule has 0 saturated carbocycles. The molecule has 0 radical (unpaired) electrons. The second-order valence-electron chi connectivity index (χ2n) is 2.98. The number of hydrogen-bond acceptors (Lipinski definition) is 1. The van der Waals surface area contributed by atoms with E-state index >= 15 is 0 Å². The molecule has 0 fully saturated rings. The minimum absolute atomic E-state index is 0.220. The molecule has 0 amide bonds. The maximum atomic E-state index is 11.4. The van der Waals surface area contributed by atoms with E-state index in [1.54, 1.807) is 6.08 Å². The Balaban J connectivity index is 2.77. The summed E-state index contributed by atoms with van der Waals surface area (Å²) in [4.78, 5) is 11.4. The average molecular weight is 162 g/mol. The summed E-state index contributed by atoms with van der Waals surface area (Å²) < 4.78 is 0. The highest BCUT2D eigenvalue weighted by Gasteiger charge is 2.17. The lowest BCUT2D eigenvalue weighted by atomic mass is 10.0. The topological polar surface area (TPSA) is 17.1 Å². The van der Waals surface area contributed by atoms with E-state index in [1.165, 1.54) is 0 Å². The molecule has 0 aliphatic heterocycles. The maximum Gasteiger partial charge on any atom is 0.162 e. The molecule has 0 aromatic heterocycles. The van der Waals surface area contributed by atoms with Crippen LogP contribution in [0.25, 0.3) is 0 Å². The van der Waals surface area contributed by atoms with Gasteiger partial charge in [-0.1, -0.05) is 18.7 Å². The second kappa shape index (κ2) is 4.05. The molecule has 0 heterocycles. The van der Waals surface area contributed by atoms with Gasteiger partial charge in [0.2, 0.25) is 0 Å². The van der Waals surface area contributed by atoms with Crippen LogP contribution < -0.4 is 0 Å². The molecule has 0 aromatic rings. The lowest BCUT2D eigenvalue weighted by Gasteiger charge is -1.99. The highest BCUT2D eigenvalue weighted by atomic mass is 16.1. The maximum absolute atomic E-state index is 11.4. The summed E-state index contributed by atoms with van der Waals surface area (Å²) in [6.07, 6.45) is 6.97. The second-order valence-corrected chi connectivity index (χ2v) is 2.98. The number of ketones is 1. The lowest BCUT2D eigenvalue weighted by Crippen LogP contribution is -1.99. The average Bonchev–Trinajstić information content (AvgIpc) is 2.51. The molecule has 0 saturated heterocycles. The Morgan fingerprint density at radius 3 is 2.75 bits per heavy atom. The zero-order chi connectivity index (χ0) is 8.97. The van der Waals surface area contributed by atoms with Crippen molar-refractivity contribution in [2.75, 3.05) is 0 Å². The zero-order valence-electron chi connectivity index (χ0n) is 7.31. The van der Waals surface area contributed by atoms with Gasteiger partial charge >= 0.3 is 0 Å². The Morgan fingerprint density at radius 2 is 2.17 bits per heavy atom. The Bertz CT molecular complexity index is 246. The van der Waals surface area contributed by atoms with Crippen LogP contribution in [0.1, 0.15) is 25.7 Å². The highest BCUT2D eigenvalue weighted by Crippen LogP contribution is 2.27. The Morgan fingerprint density at radius 1 is 1.42 bits per heavy atom. The van der Waals surface area contributed by atoms with E-state index < -0.39 is 0 Å². The first-order valence-corrected chi connectivity index (χ1v) is 4.28. The predicted octanol–water partition coefficient (Wildman–Crippen LogP) is 2.80. The minimum atomic E-state index is 0.220. The molecule has 1 aliphatic rings. The molecule has 12 heavy (non-hydrogen) atoms. The molecule has 64 valence electrons. The van der Waals surface area contributed by atoms with E-state index in [0.29, 0.717) is 6.42 Å². The van der Waals surface area contributed by atoms with Gasteiger partial charge in [-0.15, -0.1) is 6.58 Å². The molecule has 1 heteroatoms. The van der Waals surface area contributed by atoms with Crippen LogP contribution in [-0.4, -0.2) is 5.78 Å². The molecule has 0 atom stereocenters. The number of hydrogen-bond donors (Lipinski definition) is 0. The van der Waals surface area contributed by atoms with Gasteiger partial charge in [0.05, 0.1) is 0 Å². The van der Waals surface area contributed by atoms with Crippen molar-refractivity contribution >= 4 is 5.78 Å². The third-order valence-electron chi connectivity index (χ3n) is 2.17. The van der Waals surface area contributed by atoms with E-state index in [9.17, 15) is 4.79 Å². The predicted molar refractivity (Wildman–Crippen MR) is 50.9 cm³/mol. The highest BCUT2D eigenvalue weighted by molar-refractivity contribution is 5.97. The van der Waals surface area contributed by atoms with E-state index in [4.69, 9.17) is 0 Å². The summed E-state index contributed by atoms with van der Waals surface area (Å²) >= 11 is 0. The van der Waals surface area contributed by atoms with Crippen molar-refractivity contribution in [3.05, 3.63) is 36.5 Å². The van der Waals surface area contributed by atoms with Crippen molar-refractivity contribution in [1.29, 1.82) is 0 Å². The van der Waals surface area contributed by atoms with Crippen LogP contribution in [0.5, 0.6) is 0 Å². The fraction of sp³-hybridized carbons (Fsp3) is 0.364. The Hall–Kier alpha value is -1.11. The molecular weight excluding hydrogens is 148 g/mol. The van der Waals surface area contributed by atoms with Crippen LogP contribution in [-0.2, 0) is 4.79 Å². The molecule has 1 aliphatic carbocycles. The normalized spacial score (nSPS) is 16.3. The van der Waals surface area contributed by atoms with Crippen molar-refractivity contribution in [3.8, 4) is 0 Å². The van der Waals surface area contributed by atoms with E-state index in [0.717, 1.165) is 30.4 Å². The van der Waals surface area contributed by atoms with Gasteiger partial charge in [-0.05, 0) is 30.4 Å². The first-order valence-electron chi connectivity index (χ1n) is 4.28. The first-order chi connectivity index (χ1) is 5.79. The Labute approximate surface area is 73.5 Å². The van der Waals surface area contributed by atoms with Gasteiger partial charge in [-0.3, -0.25) is 4.79 Å². The molecule has 0 aromatic carbocycles. The number of carbonyl (C=O) groups excluding carboxylic acids is 1. The summed E-state index contributed by atoms with van der Waals surface area (Å²) in [5.41, 5.74) is 2.12. The molecule has 0 N–H and O–H groups in total. The first kappa shape index (κ1) is 8.98. The smallest absolute Gasteiger partial charge is 0.162 e. The van der Waals surface area contributed by atoms with Gasteiger partial charge in [-0.25, -0.2) is 0 Å². The molecule has 0 spiro atoms. The largest absolute Gasteiger partial charge is 0.294 e. The third kappa shape index (κ3) is 1.73. The number of carbonyl (C=O) groups is 1. The van der Waals surface area contributed by atoms with Crippen LogP contribution in [0.15, 0.2) is 36.5 Å². The standard InChI is InChI=1S/C11H14O/c1-3-6-11(12)10-8-5-7-9(10)4-2/h3-4H,1-2,5-8H2. The van der Waals surface area contributed by atoms with E-state index in [-0.39, 0.29) is 5.78 Å². The van der Waals surface area contributed by atoms with Crippen molar-refractivity contribution < 1.29 is 4.79 Å². The van der Waals surface area contributed by atoms with Crippen LogP contribution in [0.2, 0.25) is 0 Å². The van der Waals surface area contributed by atoms with Gasteiger partial charge in [0.25, 0.3) is 0 Å². The monoisotopic (exact) mass is 162 g/mol. The van der Waals surface area contributed by atoms with Crippen molar-refractivity contribution in [2.45, 2.75) is 25.7 Å². The van der Waals surface area contributed by atoms with Gasteiger partial charge in [0, 0.05) is 6.42 Å². The molecule has 0 unspecified atom stereocenters. The van der Waals surface area contributed by atoms with Crippen LogP contribution in [0.4, 0.5) is 0 Å². The molecule has 1 nitrogen and oxygen atoms in total. The molecule has 1 rings (SSSR count). The van der Waals surface area contributed by atoms with Gasteiger partial charge in [0.15, 0.2) is 5.78 Å². The quantitative estimate of drug-likeness (QED) is 0.581. The van der Waals surface area contributed by atoms with Crippen LogP contribution in [0, 0.1) is 0 Å². The minimum Gasteiger partial charge on any atom is -0.294 e.